The third-order valence-electron chi connectivity index (χ3n) is 2.28. The average molecular weight is 267 g/mol. The van der Waals surface area contributed by atoms with Gasteiger partial charge in [0, 0.05) is 23.3 Å². The molecule has 1 aromatic rings. The molecule has 5 heteroatoms. The van der Waals surface area contributed by atoms with Gasteiger partial charge < -0.3 is 10.1 Å². The number of anilines is 1. The number of methoxy groups -OCH3 is 1. The number of carbonyl (C=O) groups is 2. The highest BCUT2D eigenvalue weighted by atomic mass is 32.2. The van der Waals surface area contributed by atoms with E-state index in [0.717, 1.165) is 10.6 Å². The number of rotatable bonds is 5. The van der Waals surface area contributed by atoms with Gasteiger partial charge in [-0.25, -0.2) is 0 Å². The molecule has 98 valence electrons. The second-order valence-corrected chi connectivity index (χ2v) is 5.03. The van der Waals surface area contributed by atoms with Crippen LogP contribution >= 0.6 is 11.8 Å². The summed E-state index contributed by atoms with van der Waals surface area (Å²) in [5.41, 5.74) is 0.771. The summed E-state index contributed by atoms with van der Waals surface area (Å²) in [6, 6.07) is 7.51. The van der Waals surface area contributed by atoms with Crippen molar-refractivity contribution in [2.75, 3.05) is 18.2 Å². The molecule has 0 aliphatic carbocycles. The van der Waals surface area contributed by atoms with Gasteiger partial charge in [0.1, 0.15) is 0 Å². The predicted octanol–water partition coefficient (Wildman–Crippen LogP) is 2.55. The monoisotopic (exact) mass is 267 g/mol. The zero-order valence-electron chi connectivity index (χ0n) is 10.7. The minimum atomic E-state index is -0.197. The van der Waals surface area contributed by atoms with E-state index in [4.69, 9.17) is 0 Å². The Morgan fingerprint density at radius 1 is 1.33 bits per heavy atom. The SMILES string of the molecule is COC(=O)C(C)CSc1ccc(NC(C)=O)cc1. The molecule has 0 aliphatic heterocycles. The normalized spacial score (nSPS) is 11.7. The van der Waals surface area contributed by atoms with Gasteiger partial charge in [0.25, 0.3) is 0 Å². The first-order valence-electron chi connectivity index (χ1n) is 5.61. The number of carbonyl (C=O) groups excluding carboxylic acids is 2. The van der Waals surface area contributed by atoms with Crippen molar-refractivity contribution in [2.24, 2.45) is 5.92 Å². The maximum absolute atomic E-state index is 11.2. The van der Waals surface area contributed by atoms with E-state index in [0.29, 0.717) is 5.75 Å². The standard InChI is InChI=1S/C13H17NO3S/c1-9(13(16)17-3)8-18-12-6-4-11(5-7-12)14-10(2)15/h4-7,9H,8H2,1-3H3,(H,14,15). The molecule has 1 unspecified atom stereocenters. The summed E-state index contributed by atoms with van der Waals surface area (Å²) in [5, 5.41) is 2.70. The lowest BCUT2D eigenvalue weighted by atomic mass is 10.2. The Kier molecular flexibility index (Phi) is 5.71. The highest BCUT2D eigenvalue weighted by Crippen LogP contribution is 2.22. The van der Waals surface area contributed by atoms with Crippen LogP contribution in [-0.2, 0) is 14.3 Å². The number of thioether (sulfide) groups is 1. The Morgan fingerprint density at radius 2 is 1.94 bits per heavy atom. The van der Waals surface area contributed by atoms with Gasteiger partial charge in [-0.05, 0) is 24.3 Å². The third-order valence-corrected chi connectivity index (χ3v) is 3.55. The molecule has 0 bridgehead atoms. The Morgan fingerprint density at radius 3 is 2.44 bits per heavy atom. The molecule has 0 fully saturated rings. The van der Waals surface area contributed by atoms with Crippen molar-refractivity contribution in [3.63, 3.8) is 0 Å². The minimum Gasteiger partial charge on any atom is -0.469 e. The molecule has 1 rings (SSSR count). The van der Waals surface area contributed by atoms with Crippen LogP contribution in [0.5, 0.6) is 0 Å². The van der Waals surface area contributed by atoms with Gasteiger partial charge >= 0.3 is 5.97 Å². The molecule has 4 nitrogen and oxygen atoms in total. The fourth-order valence-electron chi connectivity index (χ4n) is 1.33. The van der Waals surface area contributed by atoms with Gasteiger partial charge in [0.15, 0.2) is 0 Å². The lowest BCUT2D eigenvalue weighted by Gasteiger charge is -2.09. The summed E-state index contributed by atoms with van der Waals surface area (Å²) >= 11 is 1.59. The highest BCUT2D eigenvalue weighted by molar-refractivity contribution is 7.99. The molecule has 18 heavy (non-hydrogen) atoms. The topological polar surface area (TPSA) is 55.4 Å². The van der Waals surface area contributed by atoms with E-state index >= 15 is 0 Å². The maximum Gasteiger partial charge on any atom is 0.309 e. The Labute approximate surface area is 111 Å². The van der Waals surface area contributed by atoms with Gasteiger partial charge in [-0.1, -0.05) is 6.92 Å². The number of hydrogen-bond donors (Lipinski definition) is 1. The van der Waals surface area contributed by atoms with Gasteiger partial charge in [-0.15, -0.1) is 11.8 Å². The molecule has 1 N–H and O–H groups in total. The smallest absolute Gasteiger partial charge is 0.309 e. The van der Waals surface area contributed by atoms with Gasteiger partial charge in [0.2, 0.25) is 5.91 Å². The van der Waals surface area contributed by atoms with Crippen molar-refractivity contribution in [3.05, 3.63) is 24.3 Å². The van der Waals surface area contributed by atoms with Gasteiger partial charge in [0.05, 0.1) is 13.0 Å². The second kappa shape index (κ2) is 7.06. The number of nitrogens with one attached hydrogen (secondary N) is 1. The van der Waals surface area contributed by atoms with E-state index in [9.17, 15) is 9.59 Å². The summed E-state index contributed by atoms with van der Waals surface area (Å²) in [7, 11) is 1.39. The summed E-state index contributed by atoms with van der Waals surface area (Å²) in [6.07, 6.45) is 0. The lowest BCUT2D eigenvalue weighted by molar-refractivity contribution is -0.144. The molecule has 0 spiro atoms. The first-order chi connectivity index (χ1) is 8.52. The first-order valence-corrected chi connectivity index (χ1v) is 6.59. The molecule has 0 aromatic heterocycles. The zero-order valence-corrected chi connectivity index (χ0v) is 11.5. The Hall–Kier alpha value is -1.49. The molecule has 1 amide bonds. The molecule has 1 aromatic carbocycles. The number of amides is 1. The minimum absolute atomic E-state index is 0.0882. The summed E-state index contributed by atoms with van der Waals surface area (Å²) in [4.78, 5) is 23.1. The number of esters is 1. The molecule has 0 saturated carbocycles. The van der Waals surface area contributed by atoms with E-state index in [1.54, 1.807) is 11.8 Å². The van der Waals surface area contributed by atoms with Crippen LogP contribution in [0.15, 0.2) is 29.2 Å². The quantitative estimate of drug-likeness (QED) is 0.658. The molecule has 0 heterocycles. The van der Waals surface area contributed by atoms with Crippen LogP contribution in [0.1, 0.15) is 13.8 Å². The van der Waals surface area contributed by atoms with E-state index < -0.39 is 0 Å². The van der Waals surface area contributed by atoms with Crippen LogP contribution in [0.3, 0.4) is 0 Å². The molecule has 0 saturated heterocycles. The van der Waals surface area contributed by atoms with Gasteiger partial charge in [-0.2, -0.15) is 0 Å². The summed E-state index contributed by atoms with van der Waals surface area (Å²) in [6.45, 7) is 3.31. The second-order valence-electron chi connectivity index (χ2n) is 3.94. The van der Waals surface area contributed by atoms with Crippen molar-refractivity contribution in [3.8, 4) is 0 Å². The summed E-state index contributed by atoms with van der Waals surface area (Å²) < 4.78 is 4.66. The number of hydrogen-bond acceptors (Lipinski definition) is 4. The molecule has 0 aliphatic rings. The van der Waals surface area contributed by atoms with E-state index in [1.165, 1.54) is 14.0 Å². The van der Waals surface area contributed by atoms with E-state index in [2.05, 4.69) is 10.1 Å². The van der Waals surface area contributed by atoms with Crippen LogP contribution in [0.25, 0.3) is 0 Å². The van der Waals surface area contributed by atoms with Crippen molar-refractivity contribution < 1.29 is 14.3 Å². The molecular weight excluding hydrogens is 250 g/mol. The fraction of sp³-hybridized carbons (Fsp3) is 0.385. The van der Waals surface area contributed by atoms with Crippen LogP contribution in [-0.4, -0.2) is 24.7 Å². The van der Waals surface area contributed by atoms with Crippen LogP contribution in [0, 0.1) is 5.92 Å². The highest BCUT2D eigenvalue weighted by Gasteiger charge is 2.13. The molecule has 1 atom stereocenters. The average Bonchev–Trinajstić information content (AvgIpc) is 2.36. The maximum atomic E-state index is 11.2. The van der Waals surface area contributed by atoms with Crippen molar-refractivity contribution in [1.29, 1.82) is 0 Å². The Bertz CT molecular complexity index is 417. The number of benzene rings is 1. The van der Waals surface area contributed by atoms with Crippen LogP contribution in [0.4, 0.5) is 5.69 Å². The fourth-order valence-corrected chi connectivity index (χ4v) is 2.24. The predicted molar refractivity (Wildman–Crippen MR) is 72.6 cm³/mol. The molecular formula is C13H17NO3S. The summed E-state index contributed by atoms with van der Waals surface area (Å²) in [5.74, 6) is 0.258. The van der Waals surface area contributed by atoms with Gasteiger partial charge in [-0.3, -0.25) is 9.59 Å². The lowest BCUT2D eigenvalue weighted by Crippen LogP contribution is -2.14. The van der Waals surface area contributed by atoms with Crippen LogP contribution < -0.4 is 5.32 Å². The van der Waals surface area contributed by atoms with E-state index in [1.807, 2.05) is 31.2 Å². The van der Waals surface area contributed by atoms with E-state index in [-0.39, 0.29) is 17.8 Å². The van der Waals surface area contributed by atoms with Crippen molar-refractivity contribution >= 4 is 29.3 Å². The van der Waals surface area contributed by atoms with Crippen LogP contribution in [0.2, 0.25) is 0 Å². The molecule has 0 radical (unpaired) electrons. The first kappa shape index (κ1) is 14.6. The van der Waals surface area contributed by atoms with Crippen molar-refractivity contribution in [2.45, 2.75) is 18.7 Å². The number of ether oxygens (including phenoxy) is 1. The van der Waals surface area contributed by atoms with Crippen molar-refractivity contribution in [1.82, 2.24) is 0 Å². The third kappa shape index (κ3) is 4.79. The Balaban J connectivity index is 2.48. The largest absolute Gasteiger partial charge is 0.469 e. The zero-order chi connectivity index (χ0) is 13.5.